The van der Waals surface area contributed by atoms with Crippen molar-refractivity contribution in [3.05, 3.63) is 29.6 Å². The van der Waals surface area contributed by atoms with Crippen LogP contribution in [0.15, 0.2) is 18.2 Å². The van der Waals surface area contributed by atoms with Gasteiger partial charge in [0.25, 0.3) is 5.91 Å². The number of aliphatic carboxylic acids is 1. The molecule has 1 aromatic rings. The summed E-state index contributed by atoms with van der Waals surface area (Å²) < 4.78 is 37.9. The Morgan fingerprint density at radius 1 is 1.32 bits per heavy atom. The highest BCUT2D eigenvalue weighted by Crippen LogP contribution is 2.21. The summed E-state index contributed by atoms with van der Waals surface area (Å²) in [4.78, 5) is 24.4. The largest absolute Gasteiger partial charge is 0.480 e. The predicted octanol–water partition coefficient (Wildman–Crippen LogP) is 1.13. The lowest BCUT2D eigenvalue weighted by molar-refractivity contribution is -0.147. The third kappa shape index (κ3) is 3.94. The first-order valence-corrected chi connectivity index (χ1v) is 8.04. The van der Waals surface area contributed by atoms with E-state index in [1.807, 2.05) is 4.72 Å². The molecule has 9 heteroatoms. The zero-order chi connectivity index (χ0) is 17.3. The fraction of sp³-hybridized carbons (Fsp3) is 0.385. The number of nitrogens with zero attached hydrogens (tertiary/aromatic N) is 1. The zero-order valence-corrected chi connectivity index (χ0v) is 13.4. The van der Waals surface area contributed by atoms with Crippen molar-refractivity contribution in [2.45, 2.75) is 19.4 Å². The number of carboxylic acid groups (broad SMARTS) is 1. The molecule has 0 aliphatic carbocycles. The van der Waals surface area contributed by atoms with Gasteiger partial charge in [-0.3, -0.25) is 9.52 Å². The number of hydrogen-bond donors (Lipinski definition) is 2. The first-order chi connectivity index (χ1) is 9.86. The maximum Gasteiger partial charge on any atom is 0.329 e. The second kappa shape index (κ2) is 5.91. The third-order valence-corrected chi connectivity index (χ3v) is 3.77. The summed E-state index contributed by atoms with van der Waals surface area (Å²) in [5, 5.41) is 9.11. The molecule has 0 fully saturated rings. The lowest BCUT2D eigenvalue weighted by atomic mass is 10.0. The minimum absolute atomic E-state index is 0.0376. The quantitative estimate of drug-likeness (QED) is 0.841. The van der Waals surface area contributed by atoms with Gasteiger partial charge in [0.05, 0.1) is 11.9 Å². The lowest BCUT2D eigenvalue weighted by Gasteiger charge is -2.31. The second-order valence-corrected chi connectivity index (χ2v) is 7.05. The number of carbonyl (C=O) groups is 2. The molecule has 1 aromatic carbocycles. The van der Waals surface area contributed by atoms with E-state index in [1.165, 1.54) is 20.9 Å². The highest BCUT2D eigenvalue weighted by molar-refractivity contribution is 7.92. The van der Waals surface area contributed by atoms with E-state index >= 15 is 0 Å². The van der Waals surface area contributed by atoms with Crippen molar-refractivity contribution in [3.8, 4) is 0 Å². The maximum atomic E-state index is 13.6. The van der Waals surface area contributed by atoms with Gasteiger partial charge < -0.3 is 10.0 Å². The molecule has 0 unspecified atom stereocenters. The number of rotatable bonds is 5. The van der Waals surface area contributed by atoms with Crippen molar-refractivity contribution >= 4 is 27.6 Å². The van der Waals surface area contributed by atoms with Crippen molar-refractivity contribution in [1.82, 2.24) is 4.90 Å². The molecule has 0 saturated carbocycles. The molecular weight excluding hydrogens is 315 g/mol. The van der Waals surface area contributed by atoms with E-state index in [0.717, 1.165) is 29.4 Å². The average molecular weight is 332 g/mol. The van der Waals surface area contributed by atoms with Crippen LogP contribution >= 0.6 is 0 Å². The number of benzene rings is 1. The Hall–Kier alpha value is -2.16. The number of amides is 1. The number of anilines is 1. The molecule has 1 amide bonds. The number of halogens is 1. The van der Waals surface area contributed by atoms with Gasteiger partial charge >= 0.3 is 5.97 Å². The van der Waals surface area contributed by atoms with E-state index in [-0.39, 0.29) is 11.3 Å². The number of nitrogens with one attached hydrogen (secondary N) is 1. The fourth-order valence-corrected chi connectivity index (χ4v) is 2.08. The molecule has 0 heterocycles. The van der Waals surface area contributed by atoms with Crippen LogP contribution < -0.4 is 4.72 Å². The Labute approximate surface area is 127 Å². The monoisotopic (exact) mass is 332 g/mol. The molecule has 0 radical (unpaired) electrons. The van der Waals surface area contributed by atoms with Crippen LogP contribution in [0.5, 0.6) is 0 Å². The number of likely N-dealkylation sites (N-methyl/N-ethyl adjacent to an activating group) is 1. The van der Waals surface area contributed by atoms with Crippen LogP contribution in [0.1, 0.15) is 24.2 Å². The van der Waals surface area contributed by atoms with Crippen LogP contribution in [0.4, 0.5) is 10.1 Å². The highest BCUT2D eigenvalue weighted by atomic mass is 32.2. The first kappa shape index (κ1) is 17.9. The molecule has 0 spiro atoms. The van der Waals surface area contributed by atoms with Crippen LogP contribution in [0.2, 0.25) is 0 Å². The van der Waals surface area contributed by atoms with Gasteiger partial charge in [0.2, 0.25) is 10.0 Å². The van der Waals surface area contributed by atoms with Crippen molar-refractivity contribution in [1.29, 1.82) is 0 Å². The summed E-state index contributed by atoms with van der Waals surface area (Å²) in [6.07, 6.45) is 0.848. The van der Waals surface area contributed by atoms with Crippen LogP contribution in [0, 0.1) is 5.82 Å². The minimum Gasteiger partial charge on any atom is -0.480 e. The van der Waals surface area contributed by atoms with Crippen molar-refractivity contribution in [2.75, 3.05) is 18.0 Å². The van der Waals surface area contributed by atoms with Crippen molar-refractivity contribution < 1.29 is 27.5 Å². The van der Waals surface area contributed by atoms with E-state index < -0.39 is 33.3 Å². The van der Waals surface area contributed by atoms with Gasteiger partial charge in [0.15, 0.2) is 0 Å². The van der Waals surface area contributed by atoms with Gasteiger partial charge in [0.1, 0.15) is 11.4 Å². The Bertz CT molecular complexity index is 715. The summed E-state index contributed by atoms with van der Waals surface area (Å²) in [5.41, 5.74) is -1.89. The van der Waals surface area contributed by atoms with Crippen molar-refractivity contribution in [3.63, 3.8) is 0 Å². The molecule has 0 bridgehead atoms. The molecule has 22 heavy (non-hydrogen) atoms. The molecule has 2 N–H and O–H groups in total. The molecule has 0 aliphatic rings. The smallest absolute Gasteiger partial charge is 0.329 e. The Morgan fingerprint density at radius 2 is 1.86 bits per heavy atom. The minimum atomic E-state index is -3.71. The van der Waals surface area contributed by atoms with Gasteiger partial charge in [0, 0.05) is 12.6 Å². The molecule has 0 atom stereocenters. The number of carbonyl (C=O) groups excluding carboxylic acids is 1. The van der Waals surface area contributed by atoms with Gasteiger partial charge in [-0.05, 0) is 32.0 Å². The fourth-order valence-electron chi connectivity index (χ4n) is 1.53. The maximum absolute atomic E-state index is 13.6. The molecule has 0 saturated heterocycles. The summed E-state index contributed by atoms with van der Waals surface area (Å²) in [7, 11) is -2.42. The molecule has 0 aliphatic heterocycles. The predicted molar refractivity (Wildman–Crippen MR) is 78.7 cm³/mol. The van der Waals surface area contributed by atoms with E-state index in [2.05, 4.69) is 0 Å². The van der Waals surface area contributed by atoms with Gasteiger partial charge in [-0.15, -0.1) is 0 Å². The number of hydrogen-bond acceptors (Lipinski definition) is 4. The van der Waals surface area contributed by atoms with Gasteiger partial charge in [-0.1, -0.05) is 0 Å². The number of carboxylic acids is 1. The summed E-state index contributed by atoms with van der Waals surface area (Å²) in [5.74, 6) is -2.73. The van der Waals surface area contributed by atoms with E-state index in [9.17, 15) is 22.4 Å². The molecule has 1 rings (SSSR count). The molecule has 7 nitrogen and oxygen atoms in total. The van der Waals surface area contributed by atoms with Crippen LogP contribution in [0.25, 0.3) is 0 Å². The van der Waals surface area contributed by atoms with Gasteiger partial charge in [-0.25, -0.2) is 17.6 Å². The van der Waals surface area contributed by atoms with E-state index in [4.69, 9.17) is 5.11 Å². The summed E-state index contributed by atoms with van der Waals surface area (Å²) in [6.45, 7) is 2.68. The topological polar surface area (TPSA) is 104 Å². The standard InChI is InChI=1S/C13H17FN2O5S/c1-13(2,12(18)19)16(3)11(17)8-5-6-9(14)10(7-8)15-22(4,20)21/h5-7,15H,1-4H3,(H,18,19). The Balaban J connectivity index is 3.20. The third-order valence-electron chi connectivity index (χ3n) is 3.18. The number of sulfonamides is 1. The zero-order valence-electron chi connectivity index (χ0n) is 12.5. The second-order valence-electron chi connectivity index (χ2n) is 5.30. The summed E-state index contributed by atoms with van der Waals surface area (Å²) >= 11 is 0. The highest BCUT2D eigenvalue weighted by Gasteiger charge is 2.35. The molecular formula is C13H17FN2O5S. The van der Waals surface area contributed by atoms with Crippen molar-refractivity contribution in [2.24, 2.45) is 0 Å². The summed E-state index contributed by atoms with van der Waals surface area (Å²) in [6, 6.07) is 3.11. The van der Waals surface area contributed by atoms with Gasteiger partial charge in [-0.2, -0.15) is 0 Å². The van der Waals surface area contributed by atoms with Crippen LogP contribution in [-0.2, 0) is 14.8 Å². The molecule has 122 valence electrons. The van der Waals surface area contributed by atoms with Crippen LogP contribution in [-0.4, -0.2) is 49.1 Å². The molecule has 0 aromatic heterocycles. The van der Waals surface area contributed by atoms with E-state index in [1.54, 1.807) is 0 Å². The Morgan fingerprint density at radius 3 is 2.32 bits per heavy atom. The van der Waals surface area contributed by atoms with E-state index in [0.29, 0.717) is 0 Å². The Kier molecular flexibility index (Phi) is 4.81. The average Bonchev–Trinajstić information content (AvgIpc) is 2.37. The SMILES string of the molecule is CN(C(=O)c1ccc(F)c(NS(C)(=O)=O)c1)C(C)(C)C(=O)O. The lowest BCUT2D eigenvalue weighted by Crippen LogP contribution is -2.50. The normalized spacial score (nSPS) is 11.9. The first-order valence-electron chi connectivity index (χ1n) is 6.15. The van der Waals surface area contributed by atoms with Crippen LogP contribution in [0.3, 0.4) is 0 Å².